The number of hydrogen-bond donors (Lipinski definition) is 1. The van der Waals surface area contributed by atoms with Crippen molar-refractivity contribution in [3.63, 3.8) is 0 Å². The third kappa shape index (κ3) is 5.73. The topological polar surface area (TPSA) is 66.5 Å². The molecule has 0 aliphatic heterocycles. The summed E-state index contributed by atoms with van der Waals surface area (Å²) in [6, 6.07) is 9.92. The molecular formula is C16H15Cl2IN2O3S. The van der Waals surface area contributed by atoms with Crippen molar-refractivity contribution in [2.45, 2.75) is 6.92 Å². The second-order valence-electron chi connectivity index (χ2n) is 5.40. The molecule has 5 nitrogen and oxygen atoms in total. The van der Waals surface area contributed by atoms with Crippen LogP contribution in [-0.4, -0.2) is 27.1 Å². The van der Waals surface area contributed by atoms with E-state index < -0.39 is 15.9 Å². The molecular weight excluding hydrogens is 498 g/mol. The summed E-state index contributed by atoms with van der Waals surface area (Å²) in [6.07, 6.45) is 1.02. The van der Waals surface area contributed by atoms with Gasteiger partial charge in [-0.05, 0) is 71.5 Å². The Hall–Kier alpha value is -1.03. The molecule has 0 saturated carbocycles. The van der Waals surface area contributed by atoms with Gasteiger partial charge in [0.05, 0.1) is 11.9 Å². The van der Waals surface area contributed by atoms with Crippen LogP contribution < -0.4 is 9.62 Å². The molecule has 2 aromatic rings. The van der Waals surface area contributed by atoms with Crippen LogP contribution in [0.5, 0.6) is 0 Å². The Bertz CT molecular complexity index is 899. The van der Waals surface area contributed by atoms with Crippen LogP contribution in [0.1, 0.15) is 5.56 Å². The van der Waals surface area contributed by atoms with Gasteiger partial charge in [-0.25, -0.2) is 8.42 Å². The van der Waals surface area contributed by atoms with Gasteiger partial charge < -0.3 is 5.32 Å². The first kappa shape index (κ1) is 20.3. The number of rotatable bonds is 5. The highest BCUT2D eigenvalue weighted by molar-refractivity contribution is 14.1. The molecule has 0 spiro atoms. The molecule has 0 aliphatic rings. The Kier molecular flexibility index (Phi) is 6.58. The van der Waals surface area contributed by atoms with E-state index in [1.807, 2.05) is 19.1 Å². The van der Waals surface area contributed by atoms with Gasteiger partial charge in [-0.3, -0.25) is 9.10 Å². The standard InChI is InChI=1S/C16H15Cl2IN2O3S/c1-10-5-13(19)3-4-15(10)20-16(22)9-21(25(2,23)24)14-7-11(17)6-12(18)8-14/h3-8H,9H2,1-2H3,(H,20,22). The lowest BCUT2D eigenvalue weighted by Crippen LogP contribution is -2.37. The predicted octanol–water partition coefficient (Wildman–Crippen LogP) is 4.31. The van der Waals surface area contributed by atoms with Crippen LogP contribution in [0, 0.1) is 10.5 Å². The first-order valence-electron chi connectivity index (χ1n) is 7.06. The number of aryl methyl sites for hydroxylation is 1. The highest BCUT2D eigenvalue weighted by Crippen LogP contribution is 2.27. The molecule has 0 heterocycles. The van der Waals surface area contributed by atoms with Gasteiger partial charge in [0, 0.05) is 19.3 Å². The van der Waals surface area contributed by atoms with E-state index in [4.69, 9.17) is 23.2 Å². The molecule has 0 fully saturated rings. The Balaban J connectivity index is 2.27. The van der Waals surface area contributed by atoms with Crippen LogP contribution in [0.2, 0.25) is 10.0 Å². The molecule has 0 saturated heterocycles. The zero-order chi connectivity index (χ0) is 18.8. The largest absolute Gasteiger partial charge is 0.324 e. The van der Waals surface area contributed by atoms with Crippen molar-refractivity contribution in [2.75, 3.05) is 22.4 Å². The molecule has 0 unspecified atom stereocenters. The Labute approximate surface area is 170 Å². The van der Waals surface area contributed by atoms with Crippen molar-refractivity contribution >= 4 is 73.1 Å². The van der Waals surface area contributed by atoms with Crippen LogP contribution >= 0.6 is 45.8 Å². The highest BCUT2D eigenvalue weighted by Gasteiger charge is 2.22. The van der Waals surface area contributed by atoms with Crippen molar-refractivity contribution in [3.8, 4) is 0 Å². The fourth-order valence-electron chi connectivity index (χ4n) is 2.17. The number of hydrogen-bond acceptors (Lipinski definition) is 3. The number of benzene rings is 2. The van der Waals surface area contributed by atoms with Gasteiger partial charge in [0.1, 0.15) is 6.54 Å². The van der Waals surface area contributed by atoms with Crippen LogP contribution in [0.15, 0.2) is 36.4 Å². The first-order chi connectivity index (χ1) is 11.6. The van der Waals surface area contributed by atoms with Crippen LogP contribution in [-0.2, 0) is 14.8 Å². The maximum absolute atomic E-state index is 12.4. The van der Waals surface area contributed by atoms with Crippen molar-refractivity contribution < 1.29 is 13.2 Å². The third-order valence-electron chi connectivity index (χ3n) is 3.29. The van der Waals surface area contributed by atoms with Gasteiger partial charge in [0.2, 0.25) is 15.9 Å². The number of sulfonamides is 1. The minimum atomic E-state index is -3.70. The van der Waals surface area contributed by atoms with Crippen LogP contribution in [0.3, 0.4) is 0 Å². The quantitative estimate of drug-likeness (QED) is 0.607. The van der Waals surface area contributed by atoms with Gasteiger partial charge in [-0.2, -0.15) is 0 Å². The van der Waals surface area contributed by atoms with E-state index in [9.17, 15) is 13.2 Å². The normalized spacial score (nSPS) is 11.2. The molecule has 0 radical (unpaired) electrons. The van der Waals surface area contributed by atoms with Crippen LogP contribution in [0.25, 0.3) is 0 Å². The van der Waals surface area contributed by atoms with Gasteiger partial charge in [-0.15, -0.1) is 0 Å². The number of amides is 1. The lowest BCUT2D eigenvalue weighted by molar-refractivity contribution is -0.114. The van der Waals surface area contributed by atoms with Gasteiger partial charge in [0.15, 0.2) is 0 Å². The zero-order valence-electron chi connectivity index (χ0n) is 13.4. The number of nitrogens with one attached hydrogen (secondary N) is 1. The predicted molar refractivity (Wildman–Crippen MR) is 111 cm³/mol. The number of carbonyl (C=O) groups excluding carboxylic acids is 1. The van der Waals surface area contributed by atoms with E-state index in [-0.39, 0.29) is 22.3 Å². The van der Waals surface area contributed by atoms with Crippen molar-refractivity contribution in [2.24, 2.45) is 0 Å². The summed E-state index contributed by atoms with van der Waals surface area (Å²) in [5.74, 6) is -0.467. The lowest BCUT2D eigenvalue weighted by Gasteiger charge is -2.22. The molecule has 9 heteroatoms. The minimum Gasteiger partial charge on any atom is -0.324 e. The maximum Gasteiger partial charge on any atom is 0.245 e. The fourth-order valence-corrected chi connectivity index (χ4v) is 4.17. The van der Waals surface area contributed by atoms with Crippen molar-refractivity contribution in [3.05, 3.63) is 55.6 Å². The molecule has 0 bridgehead atoms. The SMILES string of the molecule is Cc1cc(I)ccc1NC(=O)CN(c1cc(Cl)cc(Cl)c1)S(C)(=O)=O. The van der Waals surface area contributed by atoms with Crippen molar-refractivity contribution in [1.29, 1.82) is 0 Å². The summed E-state index contributed by atoms with van der Waals surface area (Å²) in [7, 11) is -3.70. The Morgan fingerprint density at radius 2 is 1.76 bits per heavy atom. The monoisotopic (exact) mass is 512 g/mol. The second-order valence-corrected chi connectivity index (χ2v) is 9.43. The average Bonchev–Trinajstić information content (AvgIpc) is 2.45. The highest BCUT2D eigenvalue weighted by atomic mass is 127. The molecule has 2 rings (SSSR count). The smallest absolute Gasteiger partial charge is 0.245 e. The Morgan fingerprint density at radius 1 is 1.16 bits per heavy atom. The zero-order valence-corrected chi connectivity index (χ0v) is 17.9. The van der Waals surface area contributed by atoms with E-state index in [1.54, 1.807) is 6.07 Å². The summed E-state index contributed by atoms with van der Waals surface area (Å²) in [5, 5.41) is 3.29. The molecule has 134 valence electrons. The summed E-state index contributed by atoms with van der Waals surface area (Å²) in [6.45, 7) is 1.48. The lowest BCUT2D eigenvalue weighted by atomic mass is 10.2. The molecule has 2 aromatic carbocycles. The summed E-state index contributed by atoms with van der Waals surface area (Å²) >= 11 is 14.1. The minimum absolute atomic E-state index is 0.231. The van der Waals surface area contributed by atoms with E-state index >= 15 is 0 Å². The molecule has 0 aliphatic carbocycles. The molecule has 1 amide bonds. The van der Waals surface area contributed by atoms with E-state index in [2.05, 4.69) is 27.9 Å². The third-order valence-corrected chi connectivity index (χ3v) is 5.53. The van der Waals surface area contributed by atoms with E-state index in [0.29, 0.717) is 5.69 Å². The van der Waals surface area contributed by atoms with Gasteiger partial charge in [-0.1, -0.05) is 23.2 Å². The number of anilines is 2. The van der Waals surface area contributed by atoms with Crippen LogP contribution in [0.4, 0.5) is 11.4 Å². The van der Waals surface area contributed by atoms with Gasteiger partial charge in [0.25, 0.3) is 0 Å². The number of nitrogens with zero attached hydrogens (tertiary/aromatic N) is 1. The average molecular weight is 513 g/mol. The summed E-state index contributed by atoms with van der Waals surface area (Å²) in [5.41, 5.74) is 1.74. The molecule has 0 atom stereocenters. The van der Waals surface area contributed by atoms with Gasteiger partial charge >= 0.3 is 0 Å². The summed E-state index contributed by atoms with van der Waals surface area (Å²) < 4.78 is 26.2. The summed E-state index contributed by atoms with van der Waals surface area (Å²) in [4.78, 5) is 12.4. The van der Waals surface area contributed by atoms with E-state index in [0.717, 1.165) is 19.7 Å². The van der Waals surface area contributed by atoms with E-state index in [1.165, 1.54) is 18.2 Å². The fraction of sp³-hybridized carbons (Fsp3) is 0.188. The van der Waals surface area contributed by atoms with Crippen molar-refractivity contribution in [1.82, 2.24) is 0 Å². The first-order valence-corrected chi connectivity index (χ1v) is 10.7. The number of carbonyl (C=O) groups is 1. The molecule has 1 N–H and O–H groups in total. The molecule has 25 heavy (non-hydrogen) atoms. The second kappa shape index (κ2) is 8.11. The molecule has 0 aromatic heterocycles. The Morgan fingerprint density at radius 3 is 2.28 bits per heavy atom. The maximum atomic E-state index is 12.4. The number of halogens is 3.